The minimum atomic E-state index is -0.969. The molecular formula is C18H29ClN14O2. The monoisotopic (exact) mass is 508 g/mol. The van der Waals surface area contributed by atoms with Crippen molar-refractivity contribution in [3.63, 3.8) is 0 Å². The van der Waals surface area contributed by atoms with Crippen molar-refractivity contribution >= 4 is 23.4 Å². The first-order valence-electron chi connectivity index (χ1n) is 11.0. The molecule has 4 heterocycles. The van der Waals surface area contributed by atoms with E-state index in [2.05, 4.69) is 47.3 Å². The van der Waals surface area contributed by atoms with E-state index in [0.29, 0.717) is 44.6 Å². The highest BCUT2D eigenvalue weighted by Gasteiger charge is 2.46. The molecule has 11 N–H and O–H groups in total. The molecule has 3 atom stereocenters. The minimum absolute atomic E-state index is 0.00906. The summed E-state index contributed by atoms with van der Waals surface area (Å²) in [5.74, 6) is 16.1. The molecule has 4 aliphatic heterocycles. The van der Waals surface area contributed by atoms with Gasteiger partial charge in [0.05, 0.1) is 5.57 Å². The van der Waals surface area contributed by atoms with Crippen LogP contribution in [0.1, 0.15) is 12.8 Å². The fraction of sp³-hybridized carbons (Fsp3) is 0.556. The third kappa shape index (κ3) is 5.29. The zero-order valence-corrected chi connectivity index (χ0v) is 19.6. The molecule has 2 fully saturated rings. The quantitative estimate of drug-likeness (QED) is 0.0839. The van der Waals surface area contributed by atoms with Gasteiger partial charge < -0.3 is 37.9 Å². The number of piperidine rings is 1. The molecule has 2 saturated heterocycles. The molecule has 0 aromatic rings. The first-order chi connectivity index (χ1) is 16.9. The summed E-state index contributed by atoms with van der Waals surface area (Å²) in [5.41, 5.74) is 0.290. The van der Waals surface area contributed by atoms with E-state index in [0.717, 1.165) is 0 Å². The average Bonchev–Trinajstić information content (AvgIpc) is 3.15. The molecule has 0 radical (unpaired) electrons. The highest BCUT2D eigenvalue weighted by molar-refractivity contribution is 6.29. The van der Waals surface area contributed by atoms with E-state index in [-0.39, 0.29) is 22.4 Å². The predicted molar refractivity (Wildman–Crippen MR) is 125 cm³/mol. The number of likely N-dealkylation sites (tertiary alicyclic amines) is 1. The van der Waals surface area contributed by atoms with Crippen LogP contribution in [0.15, 0.2) is 55.6 Å². The zero-order chi connectivity index (χ0) is 25.0. The van der Waals surface area contributed by atoms with Gasteiger partial charge in [0.25, 0.3) is 5.91 Å². The van der Waals surface area contributed by atoms with E-state index in [9.17, 15) is 9.59 Å². The van der Waals surface area contributed by atoms with Crippen LogP contribution in [-0.2, 0) is 9.59 Å². The lowest BCUT2D eigenvalue weighted by Crippen LogP contribution is -2.63. The van der Waals surface area contributed by atoms with Crippen LogP contribution in [0.2, 0.25) is 0 Å². The molecule has 0 bridgehead atoms. The molecular weight excluding hydrogens is 480 g/mol. The van der Waals surface area contributed by atoms with E-state index in [1.54, 1.807) is 6.20 Å². The lowest BCUT2D eigenvalue weighted by atomic mass is 9.88. The van der Waals surface area contributed by atoms with E-state index < -0.39 is 24.4 Å². The van der Waals surface area contributed by atoms with Gasteiger partial charge in [0.15, 0.2) is 12.0 Å². The van der Waals surface area contributed by atoms with Crippen LogP contribution in [0.25, 0.3) is 0 Å². The van der Waals surface area contributed by atoms with Gasteiger partial charge in [-0.3, -0.25) is 20.7 Å². The molecule has 0 aromatic heterocycles. The minimum Gasteiger partial charge on any atom is -0.387 e. The second kappa shape index (κ2) is 10.4. The second-order valence-electron chi connectivity index (χ2n) is 8.53. The Bertz CT molecular complexity index is 986. The van der Waals surface area contributed by atoms with Crippen LogP contribution in [0.4, 0.5) is 0 Å². The molecule has 0 saturated carbocycles. The molecule has 4 rings (SSSR count). The Hall–Kier alpha value is -3.47. The number of nitrogens with zero attached hydrogens (tertiary/aromatic N) is 6. The van der Waals surface area contributed by atoms with Crippen LogP contribution in [0, 0.1) is 0 Å². The van der Waals surface area contributed by atoms with Gasteiger partial charge in [-0.25, -0.2) is 5.01 Å². The van der Waals surface area contributed by atoms with Gasteiger partial charge >= 0.3 is 0 Å². The summed E-state index contributed by atoms with van der Waals surface area (Å²) < 4.78 is 0. The van der Waals surface area contributed by atoms with Crippen molar-refractivity contribution in [1.82, 2.24) is 36.5 Å². The summed E-state index contributed by atoms with van der Waals surface area (Å²) in [6, 6.07) is -0.969. The molecule has 4 aliphatic rings. The van der Waals surface area contributed by atoms with Crippen LogP contribution >= 0.6 is 11.6 Å². The van der Waals surface area contributed by atoms with Crippen LogP contribution in [0.5, 0.6) is 0 Å². The van der Waals surface area contributed by atoms with Gasteiger partial charge in [-0.2, -0.15) is 0 Å². The van der Waals surface area contributed by atoms with Crippen molar-refractivity contribution in [2.24, 2.45) is 38.2 Å². The molecule has 1 spiro atoms. The standard InChI is InChI=1S/C18H29ClN14O2/c19-12-14(29-31-21)25-13(28-30-20)11(24-12)15(34)26-17-27-18(9-33(17)22)3-6-32(7-4-18)16(35)10-2-1-5-23-8-10/h1-2,8,11,13,17,23-25,27H,3-7,9,22H2,(H2,20,28)(H2,21,29)(H,26,34). The third-order valence-corrected chi connectivity index (χ3v) is 6.59. The van der Waals surface area contributed by atoms with Gasteiger partial charge in [0.2, 0.25) is 5.91 Å². The number of nitrogens with one attached hydrogen (secondary N) is 5. The Balaban J connectivity index is 1.36. The summed E-state index contributed by atoms with van der Waals surface area (Å²) in [7, 11) is 0. The van der Waals surface area contributed by atoms with Crippen molar-refractivity contribution < 1.29 is 9.59 Å². The molecule has 0 aliphatic carbocycles. The lowest BCUT2D eigenvalue weighted by Gasteiger charge is -2.39. The lowest BCUT2D eigenvalue weighted by molar-refractivity contribution is -0.128. The Morgan fingerprint density at radius 2 is 1.97 bits per heavy atom. The van der Waals surface area contributed by atoms with Crippen LogP contribution in [-0.4, -0.2) is 71.9 Å². The molecule has 2 amide bonds. The topological polar surface area (TPSA) is 228 Å². The van der Waals surface area contributed by atoms with E-state index in [1.807, 2.05) is 17.1 Å². The van der Waals surface area contributed by atoms with Gasteiger partial charge in [-0.05, 0) is 12.8 Å². The Morgan fingerprint density at radius 1 is 1.20 bits per heavy atom. The molecule has 17 heteroatoms. The predicted octanol–water partition coefficient (Wildman–Crippen LogP) is -2.53. The third-order valence-electron chi connectivity index (χ3n) is 6.31. The van der Waals surface area contributed by atoms with Crippen LogP contribution in [0.3, 0.4) is 0 Å². The van der Waals surface area contributed by atoms with Gasteiger partial charge in [-0.1, -0.05) is 34.2 Å². The number of dihydropyridines is 1. The fourth-order valence-corrected chi connectivity index (χ4v) is 4.72. The Kier molecular flexibility index (Phi) is 7.34. The molecule has 3 unspecified atom stereocenters. The average molecular weight is 509 g/mol. The number of hydrazine groups is 1. The summed E-state index contributed by atoms with van der Waals surface area (Å²) in [5, 5.41) is 30.3. The number of amides is 2. The highest BCUT2D eigenvalue weighted by Crippen LogP contribution is 2.29. The SMILES string of the molecule is NN=NC1=C(Cl)NC(C(=O)NC2NC3(CCN(C(=O)C4=CNCC=C4)CC3)CN2N)C(N=NN)N1. The summed E-state index contributed by atoms with van der Waals surface area (Å²) in [6.07, 6.45) is 5.28. The Labute approximate surface area is 206 Å². The van der Waals surface area contributed by atoms with E-state index in [1.165, 1.54) is 5.01 Å². The number of carbonyl (C=O) groups excluding carboxylic acids is 2. The first-order valence-corrected chi connectivity index (χ1v) is 11.4. The van der Waals surface area contributed by atoms with E-state index in [4.69, 9.17) is 29.1 Å². The van der Waals surface area contributed by atoms with Gasteiger partial charge in [0, 0.05) is 37.9 Å². The maximum atomic E-state index is 13.1. The van der Waals surface area contributed by atoms with Gasteiger partial charge in [0.1, 0.15) is 17.5 Å². The summed E-state index contributed by atoms with van der Waals surface area (Å²) in [4.78, 5) is 27.7. The van der Waals surface area contributed by atoms with E-state index >= 15 is 0 Å². The normalized spacial score (nSPS) is 28.7. The smallest absolute Gasteiger partial charge is 0.255 e. The molecule has 35 heavy (non-hydrogen) atoms. The van der Waals surface area contributed by atoms with Crippen molar-refractivity contribution in [3.8, 4) is 0 Å². The van der Waals surface area contributed by atoms with Crippen LogP contribution < -0.4 is 44.1 Å². The van der Waals surface area contributed by atoms with Crippen molar-refractivity contribution in [2.45, 2.75) is 36.9 Å². The summed E-state index contributed by atoms with van der Waals surface area (Å²) >= 11 is 6.14. The van der Waals surface area contributed by atoms with Crippen molar-refractivity contribution in [1.29, 1.82) is 0 Å². The molecule has 190 valence electrons. The zero-order valence-electron chi connectivity index (χ0n) is 18.8. The fourth-order valence-electron chi connectivity index (χ4n) is 4.51. The number of hydrogen-bond acceptors (Lipinski definition) is 12. The van der Waals surface area contributed by atoms with Crippen molar-refractivity contribution in [3.05, 3.63) is 34.9 Å². The second-order valence-corrected chi connectivity index (χ2v) is 8.91. The number of nitrogens with two attached hydrogens (primary N) is 3. The Morgan fingerprint density at radius 3 is 2.63 bits per heavy atom. The largest absolute Gasteiger partial charge is 0.387 e. The summed E-state index contributed by atoms with van der Waals surface area (Å²) in [6.45, 7) is 2.34. The number of halogens is 1. The van der Waals surface area contributed by atoms with Crippen molar-refractivity contribution in [2.75, 3.05) is 26.2 Å². The maximum absolute atomic E-state index is 13.1. The number of carbonyl (C=O) groups is 2. The molecule has 16 nitrogen and oxygen atoms in total. The maximum Gasteiger partial charge on any atom is 0.255 e. The first kappa shape index (κ1) is 24.6. The number of rotatable bonds is 5. The highest BCUT2D eigenvalue weighted by atomic mass is 35.5. The number of hydrogen-bond donors (Lipinski definition) is 8. The molecule has 0 aromatic carbocycles. The van der Waals surface area contributed by atoms with Gasteiger partial charge in [-0.15, -0.1) is 10.2 Å².